The quantitative estimate of drug-likeness (QED) is 0.516. The lowest BCUT2D eigenvalue weighted by atomic mass is 9.87. The molecule has 1 heterocycles. The van der Waals surface area contributed by atoms with Gasteiger partial charge in [0.25, 0.3) is 0 Å². The van der Waals surface area contributed by atoms with E-state index < -0.39 is 29.0 Å². The van der Waals surface area contributed by atoms with Crippen molar-refractivity contribution in [3.63, 3.8) is 0 Å². The fourth-order valence-electron chi connectivity index (χ4n) is 1.99. The van der Waals surface area contributed by atoms with Crippen molar-refractivity contribution in [2.45, 2.75) is 45.6 Å². The van der Waals surface area contributed by atoms with Crippen LogP contribution in [0.3, 0.4) is 0 Å². The first-order valence-corrected chi connectivity index (χ1v) is 8.81. The van der Waals surface area contributed by atoms with Crippen molar-refractivity contribution >= 4 is 28.8 Å². The zero-order valence-corrected chi connectivity index (χ0v) is 14.9. The van der Waals surface area contributed by atoms with Crippen molar-refractivity contribution in [2.24, 2.45) is 5.41 Å². The zero-order valence-electron chi connectivity index (χ0n) is 14.1. The average molecular weight is 355 g/mol. The van der Waals surface area contributed by atoms with Crippen LogP contribution in [0.2, 0.25) is 0 Å². The molecule has 134 valence electrons. The van der Waals surface area contributed by atoms with Crippen LogP contribution in [0.1, 0.15) is 38.0 Å². The molecule has 0 aliphatic carbocycles. The van der Waals surface area contributed by atoms with Crippen LogP contribution in [0, 0.1) is 5.41 Å². The highest BCUT2D eigenvalue weighted by Crippen LogP contribution is 2.19. The van der Waals surface area contributed by atoms with Crippen LogP contribution in [-0.4, -0.2) is 46.9 Å². The number of amides is 1. The number of aryl methyl sites for hydroxylation is 1. The van der Waals surface area contributed by atoms with Gasteiger partial charge in [-0.15, -0.1) is 11.3 Å². The van der Waals surface area contributed by atoms with Crippen molar-refractivity contribution in [3.05, 3.63) is 22.4 Å². The lowest BCUT2D eigenvalue weighted by Gasteiger charge is -2.27. The largest absolute Gasteiger partial charge is 0.396 e. The number of Topliss-reactive ketones (excluding diaryl/α,β-unsaturated/α-hetero) is 2. The summed E-state index contributed by atoms with van der Waals surface area (Å²) in [6.07, 6.45) is 0.135. The number of thiophene rings is 1. The molecule has 3 N–H and O–H groups in total. The minimum Gasteiger partial charge on any atom is -0.396 e. The third-order valence-electron chi connectivity index (χ3n) is 3.77. The first kappa shape index (κ1) is 20.5. The number of rotatable bonds is 11. The number of hydrogen-bond acceptors (Lipinski definition) is 6. The van der Waals surface area contributed by atoms with E-state index in [1.54, 1.807) is 25.2 Å². The average Bonchev–Trinajstić information content (AvgIpc) is 3.06. The topological polar surface area (TPSA) is 104 Å². The van der Waals surface area contributed by atoms with Crippen molar-refractivity contribution in [1.82, 2.24) is 5.32 Å². The minimum atomic E-state index is -1.38. The molecule has 0 unspecified atom stereocenters. The Labute approximate surface area is 145 Å². The summed E-state index contributed by atoms with van der Waals surface area (Å²) in [6.45, 7) is 2.76. The second-order valence-electron chi connectivity index (χ2n) is 6.37. The smallest absolute Gasteiger partial charge is 0.249 e. The van der Waals surface area contributed by atoms with E-state index in [-0.39, 0.29) is 26.0 Å². The molecule has 24 heavy (non-hydrogen) atoms. The normalized spacial score (nSPS) is 12.7. The maximum Gasteiger partial charge on any atom is 0.249 e. The Morgan fingerprint density at radius 3 is 2.50 bits per heavy atom. The van der Waals surface area contributed by atoms with Crippen LogP contribution in [0.4, 0.5) is 0 Å². The Balaban J connectivity index is 2.25. The van der Waals surface area contributed by atoms with E-state index in [2.05, 4.69) is 5.32 Å². The van der Waals surface area contributed by atoms with Gasteiger partial charge in [0.1, 0.15) is 6.10 Å². The maximum absolute atomic E-state index is 11.7. The second-order valence-corrected chi connectivity index (χ2v) is 7.40. The highest BCUT2D eigenvalue weighted by molar-refractivity contribution is 7.09. The highest BCUT2D eigenvalue weighted by atomic mass is 32.1. The molecule has 1 aromatic rings. The number of hydrogen-bond donors (Lipinski definition) is 3. The molecular weight excluding hydrogens is 330 g/mol. The standard InChI is InChI=1S/C17H25NO5S/c1-17(2,11-19)15(22)16(23)18-9-8-14(21)13(20)7-3-5-12-6-4-10-24-12/h4,6,10,15,19,22H,3,5,7-9,11H2,1-2H3,(H,18,23)/t15-/m0/s1. The van der Waals surface area contributed by atoms with E-state index in [4.69, 9.17) is 5.11 Å². The van der Waals surface area contributed by atoms with E-state index >= 15 is 0 Å². The second kappa shape index (κ2) is 9.66. The van der Waals surface area contributed by atoms with Gasteiger partial charge >= 0.3 is 0 Å². The summed E-state index contributed by atoms with van der Waals surface area (Å²) >= 11 is 1.62. The predicted octanol–water partition coefficient (Wildman–Crippen LogP) is 1.09. The van der Waals surface area contributed by atoms with Crippen LogP contribution in [-0.2, 0) is 20.8 Å². The number of ketones is 2. The molecule has 6 nitrogen and oxygen atoms in total. The van der Waals surface area contributed by atoms with E-state index in [0.717, 1.165) is 6.42 Å². The molecule has 0 saturated carbocycles. The summed E-state index contributed by atoms with van der Waals surface area (Å²) in [5, 5.41) is 23.3. The van der Waals surface area contributed by atoms with Crippen LogP contribution < -0.4 is 5.32 Å². The molecule has 0 aliphatic heterocycles. The third-order valence-corrected chi connectivity index (χ3v) is 4.70. The van der Waals surface area contributed by atoms with Gasteiger partial charge in [0.15, 0.2) is 11.6 Å². The fourth-order valence-corrected chi connectivity index (χ4v) is 2.75. The number of carbonyl (C=O) groups is 3. The molecule has 0 spiro atoms. The summed E-state index contributed by atoms with van der Waals surface area (Å²) in [5.74, 6) is -1.61. The monoisotopic (exact) mass is 355 g/mol. The Kier molecular flexibility index (Phi) is 8.24. The summed E-state index contributed by atoms with van der Waals surface area (Å²) in [4.78, 5) is 36.4. The van der Waals surface area contributed by atoms with E-state index in [0.29, 0.717) is 6.42 Å². The molecule has 0 saturated heterocycles. The molecule has 0 bridgehead atoms. The molecule has 0 aromatic carbocycles. The number of carbonyl (C=O) groups excluding carboxylic acids is 3. The molecule has 0 radical (unpaired) electrons. The van der Waals surface area contributed by atoms with Gasteiger partial charge < -0.3 is 15.5 Å². The molecule has 1 rings (SSSR count). The number of aliphatic hydroxyl groups excluding tert-OH is 2. The Hall–Kier alpha value is -1.57. The number of aliphatic hydroxyl groups is 2. The predicted molar refractivity (Wildman–Crippen MR) is 91.8 cm³/mol. The van der Waals surface area contributed by atoms with Crippen LogP contribution >= 0.6 is 11.3 Å². The zero-order chi connectivity index (χ0) is 18.2. The third kappa shape index (κ3) is 6.51. The minimum absolute atomic E-state index is 0.00704. The summed E-state index contributed by atoms with van der Waals surface area (Å²) < 4.78 is 0. The fraction of sp³-hybridized carbons (Fsp3) is 0.588. The Bertz CT molecular complexity index is 553. The molecule has 1 aromatic heterocycles. The van der Waals surface area contributed by atoms with Crippen LogP contribution in [0.15, 0.2) is 17.5 Å². The molecule has 7 heteroatoms. The molecular formula is C17H25NO5S. The van der Waals surface area contributed by atoms with Gasteiger partial charge in [0, 0.05) is 29.7 Å². The van der Waals surface area contributed by atoms with Gasteiger partial charge in [-0.25, -0.2) is 0 Å². The van der Waals surface area contributed by atoms with Crippen molar-refractivity contribution in [2.75, 3.05) is 13.2 Å². The van der Waals surface area contributed by atoms with Crippen LogP contribution in [0.25, 0.3) is 0 Å². The Morgan fingerprint density at radius 1 is 1.25 bits per heavy atom. The van der Waals surface area contributed by atoms with Crippen molar-refractivity contribution in [1.29, 1.82) is 0 Å². The summed E-state index contributed by atoms with van der Waals surface area (Å²) in [6, 6.07) is 3.94. The molecule has 0 aliphatic rings. The lowest BCUT2D eigenvalue weighted by molar-refractivity contribution is -0.138. The summed E-state index contributed by atoms with van der Waals surface area (Å²) in [7, 11) is 0. The van der Waals surface area contributed by atoms with Gasteiger partial charge in [-0.1, -0.05) is 19.9 Å². The van der Waals surface area contributed by atoms with Crippen molar-refractivity contribution < 1.29 is 24.6 Å². The van der Waals surface area contributed by atoms with E-state index in [1.165, 1.54) is 4.88 Å². The van der Waals surface area contributed by atoms with E-state index in [9.17, 15) is 19.5 Å². The van der Waals surface area contributed by atoms with Crippen LogP contribution in [0.5, 0.6) is 0 Å². The molecule has 1 atom stereocenters. The SMILES string of the molecule is CC(C)(CO)[C@@H](O)C(=O)NCCC(=O)C(=O)CCCc1cccs1. The lowest BCUT2D eigenvalue weighted by Crippen LogP contribution is -2.46. The first-order chi connectivity index (χ1) is 11.3. The van der Waals surface area contributed by atoms with E-state index in [1.807, 2.05) is 17.5 Å². The van der Waals surface area contributed by atoms with Crippen molar-refractivity contribution in [3.8, 4) is 0 Å². The summed E-state index contributed by atoms with van der Waals surface area (Å²) in [5.41, 5.74) is -0.967. The Morgan fingerprint density at radius 2 is 1.92 bits per heavy atom. The highest BCUT2D eigenvalue weighted by Gasteiger charge is 2.32. The van der Waals surface area contributed by atoms with Gasteiger partial charge in [0.05, 0.1) is 6.61 Å². The maximum atomic E-state index is 11.7. The first-order valence-electron chi connectivity index (χ1n) is 7.93. The van der Waals surface area contributed by atoms with Gasteiger partial charge in [-0.2, -0.15) is 0 Å². The van der Waals surface area contributed by atoms with Gasteiger partial charge in [0.2, 0.25) is 5.91 Å². The molecule has 1 amide bonds. The van der Waals surface area contributed by atoms with Gasteiger partial charge in [-0.05, 0) is 24.3 Å². The van der Waals surface area contributed by atoms with Gasteiger partial charge in [-0.3, -0.25) is 14.4 Å². The number of nitrogens with one attached hydrogen (secondary N) is 1. The molecule has 0 fully saturated rings.